The Labute approximate surface area is 131 Å². The van der Waals surface area contributed by atoms with Crippen LogP contribution in [0.4, 0.5) is 5.69 Å². The van der Waals surface area contributed by atoms with Gasteiger partial charge in [-0.15, -0.1) is 5.10 Å². The highest BCUT2D eigenvalue weighted by Gasteiger charge is 2.35. The third kappa shape index (κ3) is 2.28. The SMILES string of the molecule is CCc1[nH]nc2c1C(c1cccc([N+](=O)[O-])c1)C(C#N)=C(N)O2. The predicted octanol–water partition coefficient (Wildman–Crippen LogP) is 2.10. The number of aromatic amines is 1. The van der Waals surface area contributed by atoms with Gasteiger partial charge in [0.25, 0.3) is 5.69 Å². The number of nitro groups is 1. The molecule has 0 saturated carbocycles. The molecule has 1 aromatic carbocycles. The highest BCUT2D eigenvalue weighted by Crippen LogP contribution is 2.43. The van der Waals surface area contributed by atoms with Crippen molar-refractivity contribution in [2.45, 2.75) is 19.3 Å². The molecule has 0 radical (unpaired) electrons. The van der Waals surface area contributed by atoms with Crippen molar-refractivity contribution in [2.24, 2.45) is 5.73 Å². The van der Waals surface area contributed by atoms with Crippen LogP contribution in [0.25, 0.3) is 0 Å². The van der Waals surface area contributed by atoms with Crippen molar-refractivity contribution in [3.63, 3.8) is 0 Å². The summed E-state index contributed by atoms with van der Waals surface area (Å²) in [5.74, 6) is -0.280. The molecule has 23 heavy (non-hydrogen) atoms. The van der Waals surface area contributed by atoms with E-state index in [2.05, 4.69) is 16.3 Å². The van der Waals surface area contributed by atoms with Crippen LogP contribution in [-0.4, -0.2) is 15.1 Å². The Kier molecular flexibility index (Phi) is 3.46. The molecule has 0 spiro atoms. The molecular formula is C15H13N5O3. The molecule has 116 valence electrons. The number of ether oxygens (including phenoxy) is 1. The summed E-state index contributed by atoms with van der Waals surface area (Å²) in [5, 5.41) is 27.4. The van der Waals surface area contributed by atoms with E-state index in [0.717, 1.165) is 5.69 Å². The summed E-state index contributed by atoms with van der Waals surface area (Å²) in [6.07, 6.45) is 0.649. The van der Waals surface area contributed by atoms with Gasteiger partial charge in [-0.3, -0.25) is 15.2 Å². The minimum Gasteiger partial charge on any atom is -0.420 e. The normalized spacial score (nSPS) is 16.4. The fourth-order valence-corrected chi connectivity index (χ4v) is 2.73. The summed E-state index contributed by atoms with van der Waals surface area (Å²) < 4.78 is 5.41. The van der Waals surface area contributed by atoms with Gasteiger partial charge >= 0.3 is 0 Å². The van der Waals surface area contributed by atoms with E-state index in [4.69, 9.17) is 10.5 Å². The largest absolute Gasteiger partial charge is 0.420 e. The summed E-state index contributed by atoms with van der Waals surface area (Å²) >= 11 is 0. The molecule has 0 bridgehead atoms. The van der Waals surface area contributed by atoms with Crippen LogP contribution in [0.2, 0.25) is 0 Å². The Morgan fingerprint density at radius 1 is 1.57 bits per heavy atom. The molecule has 2 heterocycles. The van der Waals surface area contributed by atoms with E-state index in [9.17, 15) is 15.4 Å². The lowest BCUT2D eigenvalue weighted by atomic mass is 9.83. The van der Waals surface area contributed by atoms with Gasteiger partial charge in [0, 0.05) is 23.4 Å². The fraction of sp³-hybridized carbons (Fsp3) is 0.200. The number of benzene rings is 1. The van der Waals surface area contributed by atoms with Gasteiger partial charge in [-0.2, -0.15) is 5.26 Å². The third-order valence-corrected chi connectivity index (χ3v) is 3.79. The van der Waals surface area contributed by atoms with Crippen molar-refractivity contribution in [1.29, 1.82) is 5.26 Å². The zero-order valence-electron chi connectivity index (χ0n) is 12.2. The quantitative estimate of drug-likeness (QED) is 0.659. The van der Waals surface area contributed by atoms with Crippen LogP contribution in [0.15, 0.2) is 35.7 Å². The second-order valence-electron chi connectivity index (χ2n) is 5.05. The van der Waals surface area contributed by atoms with Gasteiger partial charge in [0.1, 0.15) is 11.6 Å². The van der Waals surface area contributed by atoms with Crippen molar-refractivity contribution in [3.8, 4) is 11.9 Å². The van der Waals surface area contributed by atoms with E-state index in [1.165, 1.54) is 12.1 Å². The standard InChI is InChI=1S/C15H13N5O3/c1-2-11-13-12(8-4-3-5-9(6-8)20(21)22)10(7-16)14(17)23-15(13)19-18-11/h3-6,12H,2,17H2,1H3,(H,18,19). The van der Waals surface area contributed by atoms with Gasteiger partial charge in [-0.25, -0.2) is 0 Å². The second kappa shape index (κ2) is 5.46. The third-order valence-electron chi connectivity index (χ3n) is 3.79. The summed E-state index contributed by atoms with van der Waals surface area (Å²) in [5.41, 5.74) is 8.09. The minimum atomic E-state index is -0.544. The predicted molar refractivity (Wildman–Crippen MR) is 80.4 cm³/mol. The van der Waals surface area contributed by atoms with Gasteiger partial charge in [0.2, 0.25) is 11.8 Å². The molecule has 0 saturated heterocycles. The van der Waals surface area contributed by atoms with Crippen LogP contribution < -0.4 is 10.5 Å². The summed E-state index contributed by atoms with van der Waals surface area (Å²) in [7, 11) is 0. The maximum absolute atomic E-state index is 11.0. The molecule has 0 fully saturated rings. The summed E-state index contributed by atoms with van der Waals surface area (Å²) in [6.45, 7) is 1.94. The molecule has 1 aromatic heterocycles. The number of non-ortho nitro benzene ring substituents is 1. The van der Waals surface area contributed by atoms with E-state index in [1.54, 1.807) is 12.1 Å². The zero-order chi connectivity index (χ0) is 16.6. The number of H-pyrrole nitrogens is 1. The van der Waals surface area contributed by atoms with E-state index in [1.807, 2.05) is 6.92 Å². The number of rotatable bonds is 3. The van der Waals surface area contributed by atoms with Crippen LogP contribution in [0, 0.1) is 21.4 Å². The summed E-state index contributed by atoms with van der Waals surface area (Å²) in [6, 6.07) is 8.20. The molecule has 0 amide bonds. The van der Waals surface area contributed by atoms with Gasteiger partial charge in [0.05, 0.1) is 10.8 Å². The zero-order valence-corrected chi connectivity index (χ0v) is 12.2. The Morgan fingerprint density at radius 3 is 3.00 bits per heavy atom. The maximum atomic E-state index is 11.0. The number of nitrogens with one attached hydrogen (secondary N) is 1. The highest BCUT2D eigenvalue weighted by molar-refractivity contribution is 5.56. The maximum Gasteiger partial charge on any atom is 0.269 e. The number of aryl methyl sites for hydroxylation is 1. The average molecular weight is 311 g/mol. The number of nitro benzene ring substituents is 1. The number of aromatic nitrogens is 2. The first-order valence-electron chi connectivity index (χ1n) is 6.95. The van der Waals surface area contributed by atoms with Gasteiger partial charge in [-0.05, 0) is 12.0 Å². The molecule has 8 heteroatoms. The molecule has 1 aliphatic heterocycles. The van der Waals surface area contributed by atoms with E-state index < -0.39 is 10.8 Å². The fourth-order valence-electron chi connectivity index (χ4n) is 2.73. The molecule has 3 N–H and O–H groups in total. The molecule has 1 aliphatic rings. The van der Waals surface area contributed by atoms with Crippen molar-refractivity contribution < 1.29 is 9.66 Å². The lowest BCUT2D eigenvalue weighted by Gasteiger charge is -2.23. The number of nitriles is 1. The summed E-state index contributed by atoms with van der Waals surface area (Å²) in [4.78, 5) is 10.6. The highest BCUT2D eigenvalue weighted by atomic mass is 16.6. The molecule has 0 aliphatic carbocycles. The molecule has 8 nitrogen and oxygen atoms in total. The number of nitrogens with two attached hydrogens (primary N) is 1. The van der Waals surface area contributed by atoms with E-state index >= 15 is 0 Å². The van der Waals surface area contributed by atoms with Crippen molar-refractivity contribution in [2.75, 3.05) is 0 Å². The van der Waals surface area contributed by atoms with Crippen LogP contribution in [0.3, 0.4) is 0 Å². The van der Waals surface area contributed by atoms with Crippen LogP contribution in [-0.2, 0) is 6.42 Å². The first-order chi connectivity index (χ1) is 11.1. The monoisotopic (exact) mass is 311 g/mol. The molecule has 2 aromatic rings. The molecular weight excluding hydrogens is 298 g/mol. The lowest BCUT2D eigenvalue weighted by molar-refractivity contribution is -0.384. The van der Waals surface area contributed by atoms with Crippen LogP contribution >= 0.6 is 0 Å². The topological polar surface area (TPSA) is 131 Å². The van der Waals surface area contributed by atoms with Crippen LogP contribution in [0.5, 0.6) is 5.88 Å². The smallest absolute Gasteiger partial charge is 0.269 e. The van der Waals surface area contributed by atoms with Crippen molar-refractivity contribution in [3.05, 3.63) is 62.7 Å². The number of allylic oxidation sites excluding steroid dienone is 1. The Balaban J connectivity index is 2.23. The molecule has 3 rings (SSSR count). The molecule has 1 atom stereocenters. The lowest BCUT2D eigenvalue weighted by Crippen LogP contribution is -2.21. The Hall–Kier alpha value is -3.34. The molecule has 1 unspecified atom stereocenters. The first kappa shape index (κ1) is 14.6. The number of nitrogens with zero attached hydrogens (tertiary/aromatic N) is 3. The van der Waals surface area contributed by atoms with Gasteiger partial charge in [0.15, 0.2) is 0 Å². The number of hydrogen-bond donors (Lipinski definition) is 2. The van der Waals surface area contributed by atoms with E-state index in [0.29, 0.717) is 23.4 Å². The van der Waals surface area contributed by atoms with Gasteiger partial charge < -0.3 is 10.5 Å². The Bertz CT molecular complexity index is 862. The van der Waals surface area contributed by atoms with Crippen molar-refractivity contribution >= 4 is 5.69 Å². The first-order valence-corrected chi connectivity index (χ1v) is 6.95. The number of fused-ring (bicyclic) bond motifs is 1. The Morgan fingerprint density at radius 2 is 2.35 bits per heavy atom. The average Bonchev–Trinajstić information content (AvgIpc) is 2.95. The van der Waals surface area contributed by atoms with Gasteiger partial charge in [-0.1, -0.05) is 19.1 Å². The van der Waals surface area contributed by atoms with Crippen molar-refractivity contribution in [1.82, 2.24) is 10.2 Å². The minimum absolute atomic E-state index is 0.0364. The van der Waals surface area contributed by atoms with E-state index in [-0.39, 0.29) is 17.1 Å². The second-order valence-corrected chi connectivity index (χ2v) is 5.05. The van der Waals surface area contributed by atoms with Crippen LogP contribution in [0.1, 0.15) is 29.7 Å². The number of hydrogen-bond acceptors (Lipinski definition) is 6.